The van der Waals surface area contributed by atoms with Gasteiger partial charge in [-0.25, -0.2) is 19.6 Å². The number of ether oxygens (including phenoxy) is 3. The van der Waals surface area contributed by atoms with E-state index in [-0.39, 0.29) is 30.1 Å². The van der Waals surface area contributed by atoms with E-state index in [4.69, 9.17) is 19.3 Å². The van der Waals surface area contributed by atoms with Gasteiger partial charge in [0.2, 0.25) is 0 Å². The topological polar surface area (TPSA) is 106 Å². The SMILES string of the molecule is CC(C)S(C)(C)CCCOCCOC(=O)NC1CC(C)(C)CC(C)(CNC(=O)OC(C)(C)CCO)C1. The zero-order valence-corrected chi connectivity index (χ0v) is 25.1. The fourth-order valence-electron chi connectivity index (χ4n) is 5.04. The number of amides is 2. The molecule has 0 radical (unpaired) electrons. The summed E-state index contributed by atoms with van der Waals surface area (Å²) in [5.41, 5.74) is -0.925. The monoisotopic (exact) mass is 534 g/mol. The van der Waals surface area contributed by atoms with Crippen LogP contribution in [0.4, 0.5) is 9.59 Å². The summed E-state index contributed by atoms with van der Waals surface area (Å²) in [6, 6.07) is -0.0444. The van der Waals surface area contributed by atoms with Gasteiger partial charge in [-0.15, -0.1) is 0 Å². The smallest absolute Gasteiger partial charge is 0.407 e. The minimum Gasteiger partial charge on any atom is -0.447 e. The maximum Gasteiger partial charge on any atom is 0.407 e. The molecule has 2 unspecified atom stereocenters. The quantitative estimate of drug-likeness (QED) is 0.269. The van der Waals surface area contributed by atoms with Gasteiger partial charge >= 0.3 is 12.2 Å². The van der Waals surface area contributed by atoms with E-state index in [1.165, 1.54) is 5.75 Å². The van der Waals surface area contributed by atoms with Gasteiger partial charge in [0.15, 0.2) is 0 Å². The van der Waals surface area contributed by atoms with Crippen LogP contribution in [-0.2, 0) is 14.2 Å². The van der Waals surface area contributed by atoms with Crippen LogP contribution in [0.1, 0.15) is 80.6 Å². The van der Waals surface area contributed by atoms with E-state index in [2.05, 4.69) is 57.8 Å². The molecule has 2 atom stereocenters. The van der Waals surface area contributed by atoms with Crippen LogP contribution in [0.2, 0.25) is 0 Å². The Kier molecular flexibility index (Phi) is 12.9. The normalized spacial score (nSPS) is 22.7. The van der Waals surface area contributed by atoms with Crippen molar-refractivity contribution in [1.82, 2.24) is 10.6 Å². The predicted molar refractivity (Wildman–Crippen MR) is 149 cm³/mol. The molecule has 0 aromatic carbocycles. The fraction of sp³-hybridized carbons (Fsp3) is 0.926. The Hall–Kier alpha value is -1.19. The molecule has 1 saturated carbocycles. The number of carbonyl (C=O) groups is 2. The Bertz CT molecular complexity index is 698. The van der Waals surface area contributed by atoms with Crippen LogP contribution in [0.3, 0.4) is 0 Å². The summed E-state index contributed by atoms with van der Waals surface area (Å²) < 4.78 is 16.5. The third kappa shape index (κ3) is 12.9. The van der Waals surface area contributed by atoms with E-state index in [1.54, 1.807) is 13.8 Å². The number of hydrogen-bond acceptors (Lipinski definition) is 6. The number of rotatable bonds is 14. The highest BCUT2D eigenvalue weighted by atomic mass is 32.3. The average Bonchev–Trinajstić information content (AvgIpc) is 2.69. The van der Waals surface area contributed by atoms with Crippen molar-refractivity contribution in [2.24, 2.45) is 10.8 Å². The van der Waals surface area contributed by atoms with Crippen LogP contribution < -0.4 is 10.6 Å². The number of aliphatic hydroxyl groups is 1. The molecule has 0 aliphatic heterocycles. The van der Waals surface area contributed by atoms with Gasteiger partial charge in [0.1, 0.15) is 12.2 Å². The number of hydrogen-bond donors (Lipinski definition) is 3. The van der Waals surface area contributed by atoms with E-state index in [1.807, 2.05) is 0 Å². The van der Waals surface area contributed by atoms with Gasteiger partial charge in [0.05, 0.1) is 6.61 Å². The fourth-order valence-corrected chi connectivity index (χ4v) is 6.37. The lowest BCUT2D eigenvalue weighted by Crippen LogP contribution is -2.51. The molecule has 8 nitrogen and oxygen atoms in total. The van der Waals surface area contributed by atoms with Crippen molar-refractivity contribution < 1.29 is 28.9 Å². The summed E-state index contributed by atoms with van der Waals surface area (Å²) in [5.74, 6) is 1.19. The van der Waals surface area contributed by atoms with E-state index < -0.39 is 27.8 Å². The molecule has 36 heavy (non-hydrogen) atoms. The summed E-state index contributed by atoms with van der Waals surface area (Å²) in [6.07, 6.45) is 7.71. The predicted octanol–water partition coefficient (Wildman–Crippen LogP) is 5.06. The first kappa shape index (κ1) is 32.8. The second kappa shape index (κ2) is 14.1. The molecular formula is C27H54N2O6S. The summed E-state index contributed by atoms with van der Waals surface area (Å²) in [6.45, 7) is 16.3. The minimum atomic E-state index is -0.727. The summed E-state index contributed by atoms with van der Waals surface area (Å²) in [5, 5.41) is 15.8. The van der Waals surface area contributed by atoms with Gasteiger partial charge in [0.25, 0.3) is 0 Å². The zero-order valence-electron chi connectivity index (χ0n) is 24.3. The van der Waals surface area contributed by atoms with Crippen molar-refractivity contribution in [3.05, 3.63) is 0 Å². The lowest BCUT2D eigenvalue weighted by Gasteiger charge is -2.46. The lowest BCUT2D eigenvalue weighted by atomic mass is 9.62. The summed E-state index contributed by atoms with van der Waals surface area (Å²) >= 11 is 0. The summed E-state index contributed by atoms with van der Waals surface area (Å²) in [4.78, 5) is 24.7. The van der Waals surface area contributed by atoms with Crippen LogP contribution >= 0.6 is 10.0 Å². The van der Waals surface area contributed by atoms with E-state index in [0.717, 1.165) is 25.7 Å². The van der Waals surface area contributed by atoms with Crippen molar-refractivity contribution in [3.8, 4) is 0 Å². The molecule has 1 fully saturated rings. The third-order valence-electron chi connectivity index (χ3n) is 7.20. The molecule has 2 amide bonds. The molecule has 0 spiro atoms. The Morgan fingerprint density at radius 2 is 1.75 bits per heavy atom. The molecule has 1 aliphatic carbocycles. The Morgan fingerprint density at radius 3 is 2.36 bits per heavy atom. The van der Waals surface area contributed by atoms with Crippen LogP contribution in [0.15, 0.2) is 0 Å². The number of nitrogens with one attached hydrogen (secondary N) is 2. The van der Waals surface area contributed by atoms with Gasteiger partial charge in [-0.1, -0.05) is 34.6 Å². The van der Waals surface area contributed by atoms with Crippen LogP contribution in [0, 0.1) is 10.8 Å². The van der Waals surface area contributed by atoms with Gasteiger partial charge in [0, 0.05) is 32.2 Å². The van der Waals surface area contributed by atoms with Crippen LogP contribution in [-0.4, -0.2) is 85.4 Å². The summed E-state index contributed by atoms with van der Waals surface area (Å²) in [7, 11) is -0.574. The highest BCUT2D eigenvalue weighted by molar-refractivity contribution is 8.33. The van der Waals surface area contributed by atoms with Gasteiger partial charge in [-0.05, 0) is 73.9 Å². The zero-order chi connectivity index (χ0) is 27.6. The molecule has 0 aromatic heterocycles. The van der Waals surface area contributed by atoms with E-state index in [9.17, 15) is 9.59 Å². The molecular weight excluding hydrogens is 480 g/mol. The van der Waals surface area contributed by atoms with Crippen molar-refractivity contribution in [2.75, 3.05) is 51.2 Å². The van der Waals surface area contributed by atoms with Crippen molar-refractivity contribution in [3.63, 3.8) is 0 Å². The van der Waals surface area contributed by atoms with Crippen molar-refractivity contribution >= 4 is 22.2 Å². The van der Waals surface area contributed by atoms with Gasteiger partial charge in [-0.3, -0.25) is 0 Å². The lowest BCUT2D eigenvalue weighted by molar-refractivity contribution is 0.0146. The molecule has 9 heteroatoms. The number of alkyl carbamates (subject to hydrolysis) is 2. The average molecular weight is 535 g/mol. The number of aliphatic hydroxyl groups excluding tert-OH is 1. The van der Waals surface area contributed by atoms with Crippen molar-refractivity contribution in [2.45, 2.75) is 97.5 Å². The second-order valence-corrected chi connectivity index (χ2v) is 17.5. The van der Waals surface area contributed by atoms with Crippen molar-refractivity contribution in [1.29, 1.82) is 0 Å². The van der Waals surface area contributed by atoms with Gasteiger partial charge in [-0.2, -0.15) is 0 Å². The largest absolute Gasteiger partial charge is 0.447 e. The highest BCUT2D eigenvalue weighted by Crippen LogP contribution is 2.46. The van der Waals surface area contributed by atoms with Crippen LogP contribution in [0.25, 0.3) is 0 Å². The molecule has 1 rings (SSSR count). The van der Waals surface area contributed by atoms with Gasteiger partial charge < -0.3 is 30.0 Å². The Balaban J connectivity index is 2.42. The second-order valence-electron chi connectivity index (χ2n) is 12.9. The van der Waals surface area contributed by atoms with Crippen LogP contribution in [0.5, 0.6) is 0 Å². The van der Waals surface area contributed by atoms with E-state index >= 15 is 0 Å². The molecule has 214 valence electrons. The molecule has 3 N–H and O–H groups in total. The molecule has 0 heterocycles. The maximum absolute atomic E-state index is 12.4. The van der Waals surface area contributed by atoms with E-state index in [0.29, 0.717) is 31.4 Å². The Morgan fingerprint density at radius 1 is 1.08 bits per heavy atom. The first-order chi connectivity index (χ1) is 16.5. The minimum absolute atomic E-state index is 0.00154. The molecule has 0 bridgehead atoms. The molecule has 0 aromatic rings. The maximum atomic E-state index is 12.4. The number of carbonyl (C=O) groups excluding carboxylic acids is 2. The first-order valence-corrected chi connectivity index (χ1v) is 16.0. The highest BCUT2D eigenvalue weighted by Gasteiger charge is 2.42. The third-order valence-corrected chi connectivity index (χ3v) is 11.1. The standard InChI is InChI=1S/C27H54N2O6S/c1-21(2)36(8,9)16-10-13-33-14-15-34-24(32)29-22-17-25(3,4)19-27(7,18-22)20-28-23(31)35-26(5,6)11-12-30/h21-22,30H,10-20H2,1-9H3,(H,28,31)(H,29,32). The first-order valence-electron chi connectivity index (χ1n) is 13.3. The Labute approximate surface area is 221 Å². The molecule has 1 aliphatic rings. The molecule has 0 saturated heterocycles.